The van der Waals surface area contributed by atoms with Gasteiger partial charge in [0.2, 0.25) is 5.91 Å². The summed E-state index contributed by atoms with van der Waals surface area (Å²) in [6.07, 6.45) is 6.91. The van der Waals surface area contributed by atoms with Gasteiger partial charge in [0.05, 0.1) is 0 Å². The van der Waals surface area contributed by atoms with Gasteiger partial charge in [0.15, 0.2) is 0 Å². The van der Waals surface area contributed by atoms with Crippen LogP contribution in [0.15, 0.2) is 48.7 Å². The summed E-state index contributed by atoms with van der Waals surface area (Å²) < 4.78 is 2.10. The fraction of sp³-hybridized carbons (Fsp3) is 0.450. The monoisotopic (exact) mass is 310 g/mol. The van der Waals surface area contributed by atoms with Gasteiger partial charge in [-0.25, -0.2) is 0 Å². The van der Waals surface area contributed by atoms with Gasteiger partial charge in [0, 0.05) is 38.4 Å². The summed E-state index contributed by atoms with van der Waals surface area (Å²) in [4.78, 5) is 14.4. The van der Waals surface area contributed by atoms with E-state index in [1.54, 1.807) is 0 Å². The molecule has 2 heterocycles. The van der Waals surface area contributed by atoms with Crippen LogP contribution >= 0.6 is 0 Å². The average Bonchev–Trinajstić information content (AvgIpc) is 2.99. The molecule has 1 aromatic heterocycles. The van der Waals surface area contributed by atoms with Crippen LogP contribution in [0.5, 0.6) is 0 Å². The minimum Gasteiger partial charge on any atom is -0.354 e. The highest BCUT2D eigenvalue weighted by Crippen LogP contribution is 2.22. The molecule has 1 aromatic carbocycles. The molecule has 0 atom stereocenters. The van der Waals surface area contributed by atoms with Gasteiger partial charge in [-0.3, -0.25) is 4.79 Å². The third-order valence-corrected chi connectivity index (χ3v) is 4.98. The number of hydrogen-bond donors (Lipinski definition) is 0. The van der Waals surface area contributed by atoms with Crippen LogP contribution in [0, 0.1) is 5.92 Å². The Morgan fingerprint density at radius 1 is 1.09 bits per heavy atom. The van der Waals surface area contributed by atoms with E-state index in [0.717, 1.165) is 38.8 Å². The molecule has 0 N–H and O–H groups in total. The van der Waals surface area contributed by atoms with Crippen molar-refractivity contribution in [1.29, 1.82) is 0 Å². The Labute approximate surface area is 138 Å². The number of amides is 1. The third-order valence-electron chi connectivity index (χ3n) is 4.98. The van der Waals surface area contributed by atoms with Crippen LogP contribution < -0.4 is 0 Å². The molecule has 23 heavy (non-hydrogen) atoms. The molecule has 3 heteroatoms. The van der Waals surface area contributed by atoms with Crippen LogP contribution in [-0.4, -0.2) is 28.5 Å². The molecule has 1 amide bonds. The molecule has 0 unspecified atom stereocenters. The minimum atomic E-state index is 0.310. The van der Waals surface area contributed by atoms with E-state index in [1.807, 2.05) is 19.3 Å². The van der Waals surface area contributed by atoms with Crippen molar-refractivity contribution in [1.82, 2.24) is 9.47 Å². The summed E-state index contributed by atoms with van der Waals surface area (Å²) in [5.74, 6) is 1.03. The molecule has 3 rings (SSSR count). The molecule has 0 bridgehead atoms. The number of carbonyl (C=O) groups excluding carboxylic acids is 1. The van der Waals surface area contributed by atoms with E-state index >= 15 is 0 Å². The minimum absolute atomic E-state index is 0.310. The van der Waals surface area contributed by atoms with Gasteiger partial charge in [0.25, 0.3) is 0 Å². The number of piperidine rings is 1. The molecule has 0 radical (unpaired) electrons. The van der Waals surface area contributed by atoms with Gasteiger partial charge in [-0.2, -0.15) is 0 Å². The summed E-state index contributed by atoms with van der Waals surface area (Å²) in [6, 6.07) is 14.8. The first-order chi connectivity index (χ1) is 11.2. The number of nitrogens with zero attached hydrogens (tertiary/aromatic N) is 2. The molecule has 1 fully saturated rings. The zero-order valence-electron chi connectivity index (χ0n) is 13.9. The summed E-state index contributed by atoms with van der Waals surface area (Å²) in [5.41, 5.74) is 2.65. The highest BCUT2D eigenvalue weighted by atomic mass is 16.2. The lowest BCUT2D eigenvalue weighted by Crippen LogP contribution is -2.39. The summed E-state index contributed by atoms with van der Waals surface area (Å²) in [7, 11) is 2.04. The highest BCUT2D eigenvalue weighted by molar-refractivity contribution is 5.76. The van der Waals surface area contributed by atoms with Gasteiger partial charge < -0.3 is 9.47 Å². The van der Waals surface area contributed by atoms with E-state index in [-0.39, 0.29) is 0 Å². The SMILES string of the molecule is Cn1cccc1CCC(=O)N1CCC(Cc2ccccc2)CC1. The normalized spacial score (nSPS) is 15.8. The van der Waals surface area contributed by atoms with E-state index < -0.39 is 0 Å². The maximum Gasteiger partial charge on any atom is 0.222 e. The van der Waals surface area contributed by atoms with Crippen LogP contribution in [0.2, 0.25) is 0 Å². The molecule has 1 saturated heterocycles. The lowest BCUT2D eigenvalue weighted by Gasteiger charge is -2.32. The Morgan fingerprint density at radius 3 is 2.48 bits per heavy atom. The van der Waals surface area contributed by atoms with Crippen LogP contribution in [0.4, 0.5) is 0 Å². The van der Waals surface area contributed by atoms with Gasteiger partial charge in [0.1, 0.15) is 0 Å². The Kier molecular flexibility index (Phi) is 5.16. The second kappa shape index (κ2) is 7.49. The summed E-state index contributed by atoms with van der Waals surface area (Å²) >= 11 is 0. The standard InChI is InChI=1S/C20H26N2O/c1-21-13-5-8-19(21)9-10-20(23)22-14-11-18(12-15-22)16-17-6-3-2-4-7-17/h2-8,13,18H,9-12,14-16H2,1H3. The van der Waals surface area contributed by atoms with Gasteiger partial charge in [-0.1, -0.05) is 30.3 Å². The fourth-order valence-corrected chi connectivity index (χ4v) is 3.48. The van der Waals surface area contributed by atoms with E-state index in [4.69, 9.17) is 0 Å². The summed E-state index contributed by atoms with van der Waals surface area (Å²) in [6.45, 7) is 1.84. The molecule has 122 valence electrons. The Balaban J connectivity index is 1.43. The van der Waals surface area contributed by atoms with Crippen LogP contribution in [0.1, 0.15) is 30.5 Å². The second-order valence-corrected chi connectivity index (χ2v) is 6.62. The number of rotatable bonds is 5. The topological polar surface area (TPSA) is 25.2 Å². The summed E-state index contributed by atoms with van der Waals surface area (Å²) in [5, 5.41) is 0. The average molecular weight is 310 g/mol. The van der Waals surface area contributed by atoms with Crippen molar-refractivity contribution in [3.63, 3.8) is 0 Å². The molecule has 3 nitrogen and oxygen atoms in total. The lowest BCUT2D eigenvalue weighted by molar-refractivity contribution is -0.132. The van der Waals surface area contributed by atoms with Crippen LogP contribution in [0.25, 0.3) is 0 Å². The highest BCUT2D eigenvalue weighted by Gasteiger charge is 2.22. The zero-order valence-corrected chi connectivity index (χ0v) is 13.9. The Bertz CT molecular complexity index is 624. The van der Waals surface area contributed by atoms with E-state index in [9.17, 15) is 4.79 Å². The maximum absolute atomic E-state index is 12.4. The number of likely N-dealkylation sites (tertiary alicyclic amines) is 1. The molecule has 1 aliphatic heterocycles. The maximum atomic E-state index is 12.4. The van der Waals surface area contributed by atoms with Crippen molar-refractivity contribution < 1.29 is 4.79 Å². The first kappa shape index (κ1) is 15.9. The Hall–Kier alpha value is -2.03. The van der Waals surface area contributed by atoms with Gasteiger partial charge in [-0.15, -0.1) is 0 Å². The first-order valence-electron chi connectivity index (χ1n) is 8.64. The molecular formula is C20H26N2O. The third kappa shape index (κ3) is 4.25. The number of hydrogen-bond acceptors (Lipinski definition) is 1. The molecule has 0 spiro atoms. The molecule has 0 aliphatic carbocycles. The largest absolute Gasteiger partial charge is 0.354 e. The van der Waals surface area contributed by atoms with Crippen LogP contribution in [0.3, 0.4) is 0 Å². The molecule has 1 aliphatic rings. The number of carbonyl (C=O) groups is 1. The molecule has 2 aromatic rings. The quantitative estimate of drug-likeness (QED) is 0.830. The number of benzene rings is 1. The number of aromatic nitrogens is 1. The van der Waals surface area contributed by atoms with Crippen molar-refractivity contribution >= 4 is 5.91 Å². The zero-order chi connectivity index (χ0) is 16.1. The van der Waals surface area contributed by atoms with Gasteiger partial charge in [-0.05, 0) is 49.3 Å². The van der Waals surface area contributed by atoms with Crippen molar-refractivity contribution in [3.05, 3.63) is 59.9 Å². The molecular weight excluding hydrogens is 284 g/mol. The van der Waals surface area contributed by atoms with Crippen LogP contribution in [-0.2, 0) is 24.7 Å². The van der Waals surface area contributed by atoms with E-state index in [1.165, 1.54) is 11.3 Å². The fourth-order valence-electron chi connectivity index (χ4n) is 3.48. The van der Waals surface area contributed by atoms with Gasteiger partial charge >= 0.3 is 0 Å². The van der Waals surface area contributed by atoms with Crippen molar-refractivity contribution in [2.24, 2.45) is 13.0 Å². The predicted molar refractivity (Wildman–Crippen MR) is 93.2 cm³/mol. The second-order valence-electron chi connectivity index (χ2n) is 6.62. The van der Waals surface area contributed by atoms with E-state index in [2.05, 4.69) is 45.9 Å². The Morgan fingerprint density at radius 2 is 1.83 bits per heavy atom. The lowest BCUT2D eigenvalue weighted by atomic mass is 9.90. The smallest absolute Gasteiger partial charge is 0.222 e. The van der Waals surface area contributed by atoms with Crippen molar-refractivity contribution in [3.8, 4) is 0 Å². The van der Waals surface area contributed by atoms with E-state index in [0.29, 0.717) is 18.2 Å². The first-order valence-corrected chi connectivity index (χ1v) is 8.64. The van der Waals surface area contributed by atoms with Crippen molar-refractivity contribution in [2.45, 2.75) is 32.1 Å². The predicted octanol–water partition coefficient (Wildman–Crippen LogP) is 3.44. The van der Waals surface area contributed by atoms with Crippen molar-refractivity contribution in [2.75, 3.05) is 13.1 Å². The molecule has 0 saturated carbocycles. The number of aryl methyl sites for hydroxylation is 2.